The molecule has 1 rings (SSSR count). The Morgan fingerprint density at radius 2 is 1.83 bits per heavy atom. The maximum absolute atomic E-state index is 11.8. The molecule has 1 aromatic carbocycles. The maximum Gasteiger partial charge on any atom is 0.215 e. The molecule has 6 heteroatoms. The van der Waals surface area contributed by atoms with Crippen LogP contribution in [0.2, 0.25) is 0 Å². The molecule has 4 nitrogen and oxygen atoms in total. The molecule has 0 bridgehead atoms. The van der Waals surface area contributed by atoms with E-state index in [9.17, 15) is 8.42 Å². The van der Waals surface area contributed by atoms with Gasteiger partial charge in [0, 0.05) is 13.1 Å². The molecule has 0 aliphatic heterocycles. The Kier molecular flexibility index (Phi) is 6.70. The molecule has 0 atom stereocenters. The second-order valence-corrected chi connectivity index (χ2v) is 6.81. The number of nitrogens with two attached hydrogens (primary N) is 1. The first-order valence-electron chi connectivity index (χ1n) is 5.81. The molecule has 102 valence electrons. The molecular weight excluding hydrogens is 268 g/mol. The summed E-state index contributed by atoms with van der Waals surface area (Å²) in [5.41, 5.74) is 7.27. The Bertz CT molecular complexity index is 444. The van der Waals surface area contributed by atoms with Crippen molar-refractivity contribution < 1.29 is 8.42 Å². The number of rotatable bonds is 8. The first kappa shape index (κ1) is 15.5. The summed E-state index contributed by atoms with van der Waals surface area (Å²) in [7, 11) is -3.23. The van der Waals surface area contributed by atoms with Gasteiger partial charge >= 0.3 is 0 Å². The lowest BCUT2D eigenvalue weighted by Gasteiger charge is -2.07. The summed E-state index contributed by atoms with van der Waals surface area (Å²) in [5, 5.41) is 0. The minimum Gasteiger partial charge on any atom is -0.326 e. The van der Waals surface area contributed by atoms with Crippen molar-refractivity contribution in [2.24, 2.45) is 5.73 Å². The molecular formula is C12H20N2O2S2. The fourth-order valence-corrected chi connectivity index (χ4v) is 3.11. The number of thioether (sulfide) groups is 1. The van der Waals surface area contributed by atoms with Crippen LogP contribution < -0.4 is 10.5 Å². The third-order valence-corrected chi connectivity index (χ3v) is 4.52. The SMILES string of the molecule is CSCCCNS(=O)(=O)Cc1ccc(CN)cc1. The van der Waals surface area contributed by atoms with E-state index in [0.717, 1.165) is 23.3 Å². The molecule has 1 aromatic rings. The summed E-state index contributed by atoms with van der Waals surface area (Å²) >= 11 is 1.71. The van der Waals surface area contributed by atoms with E-state index >= 15 is 0 Å². The van der Waals surface area contributed by atoms with Gasteiger partial charge in [0.15, 0.2) is 0 Å². The molecule has 0 saturated carbocycles. The van der Waals surface area contributed by atoms with Gasteiger partial charge in [0.25, 0.3) is 0 Å². The molecule has 3 N–H and O–H groups in total. The third-order valence-electron chi connectivity index (χ3n) is 2.46. The van der Waals surface area contributed by atoms with Crippen LogP contribution in [-0.2, 0) is 22.3 Å². The number of sulfonamides is 1. The smallest absolute Gasteiger partial charge is 0.215 e. The topological polar surface area (TPSA) is 72.2 Å². The normalized spacial score (nSPS) is 11.7. The lowest BCUT2D eigenvalue weighted by atomic mass is 10.1. The molecule has 0 saturated heterocycles. The Morgan fingerprint density at radius 3 is 2.39 bits per heavy atom. The highest BCUT2D eigenvalue weighted by atomic mass is 32.2. The van der Waals surface area contributed by atoms with Gasteiger partial charge in [-0.2, -0.15) is 11.8 Å². The molecule has 0 unspecified atom stereocenters. The van der Waals surface area contributed by atoms with Crippen molar-refractivity contribution in [3.63, 3.8) is 0 Å². The van der Waals surface area contributed by atoms with E-state index < -0.39 is 10.0 Å². The van der Waals surface area contributed by atoms with E-state index in [-0.39, 0.29) is 5.75 Å². The Labute approximate surface area is 113 Å². The average molecular weight is 288 g/mol. The van der Waals surface area contributed by atoms with E-state index in [4.69, 9.17) is 5.73 Å². The standard InChI is InChI=1S/C12H20N2O2S2/c1-17-8-2-7-14-18(15,16)10-12-5-3-11(9-13)4-6-12/h3-6,14H,2,7-10,13H2,1H3. The van der Waals surface area contributed by atoms with E-state index in [1.807, 2.05) is 30.5 Å². The van der Waals surface area contributed by atoms with E-state index in [1.165, 1.54) is 0 Å². The summed E-state index contributed by atoms with van der Waals surface area (Å²) < 4.78 is 26.2. The summed E-state index contributed by atoms with van der Waals surface area (Å²) in [6.07, 6.45) is 2.86. The number of hydrogen-bond acceptors (Lipinski definition) is 4. The molecule has 0 amide bonds. The van der Waals surface area contributed by atoms with Gasteiger partial charge in [0.05, 0.1) is 5.75 Å². The fourth-order valence-electron chi connectivity index (χ4n) is 1.49. The summed E-state index contributed by atoms with van der Waals surface area (Å²) in [5.74, 6) is 0.991. The van der Waals surface area contributed by atoms with Gasteiger partial charge in [-0.1, -0.05) is 24.3 Å². The van der Waals surface area contributed by atoms with Crippen LogP contribution in [0.5, 0.6) is 0 Å². The Morgan fingerprint density at radius 1 is 1.22 bits per heavy atom. The van der Waals surface area contributed by atoms with Gasteiger partial charge in [-0.05, 0) is 29.6 Å². The van der Waals surface area contributed by atoms with Crippen LogP contribution in [0.15, 0.2) is 24.3 Å². The molecule has 18 heavy (non-hydrogen) atoms. The number of hydrogen-bond donors (Lipinski definition) is 2. The van der Waals surface area contributed by atoms with Crippen LogP contribution in [0.1, 0.15) is 17.5 Å². The van der Waals surface area contributed by atoms with Gasteiger partial charge in [0.2, 0.25) is 10.0 Å². The zero-order chi connectivity index (χ0) is 13.4. The quantitative estimate of drug-likeness (QED) is 0.708. The van der Waals surface area contributed by atoms with Crippen molar-refractivity contribution in [3.05, 3.63) is 35.4 Å². The second-order valence-electron chi connectivity index (χ2n) is 4.02. The predicted octanol–water partition coefficient (Wildman–Crippen LogP) is 1.32. The van der Waals surface area contributed by atoms with Gasteiger partial charge < -0.3 is 5.73 Å². The van der Waals surface area contributed by atoms with Crippen molar-refractivity contribution in [2.45, 2.75) is 18.7 Å². The van der Waals surface area contributed by atoms with Crippen molar-refractivity contribution in [1.82, 2.24) is 4.72 Å². The number of benzene rings is 1. The van der Waals surface area contributed by atoms with Gasteiger partial charge in [-0.15, -0.1) is 0 Å². The highest BCUT2D eigenvalue weighted by molar-refractivity contribution is 7.98. The molecule has 0 spiro atoms. The van der Waals surface area contributed by atoms with Crippen molar-refractivity contribution in [1.29, 1.82) is 0 Å². The number of nitrogens with one attached hydrogen (secondary N) is 1. The summed E-state index contributed by atoms with van der Waals surface area (Å²) in [6.45, 7) is 0.976. The fraction of sp³-hybridized carbons (Fsp3) is 0.500. The van der Waals surface area contributed by atoms with Crippen LogP contribution in [-0.4, -0.2) is 27.0 Å². The highest BCUT2D eigenvalue weighted by Gasteiger charge is 2.10. The van der Waals surface area contributed by atoms with Crippen LogP contribution in [0, 0.1) is 0 Å². The van der Waals surface area contributed by atoms with Crippen LogP contribution in [0.3, 0.4) is 0 Å². The maximum atomic E-state index is 11.8. The van der Waals surface area contributed by atoms with Crippen LogP contribution >= 0.6 is 11.8 Å². The largest absolute Gasteiger partial charge is 0.326 e. The second kappa shape index (κ2) is 7.78. The molecule has 0 radical (unpaired) electrons. The van der Waals surface area contributed by atoms with E-state index in [2.05, 4.69) is 4.72 Å². The zero-order valence-electron chi connectivity index (χ0n) is 10.6. The minimum atomic E-state index is -3.23. The van der Waals surface area contributed by atoms with Crippen molar-refractivity contribution >= 4 is 21.8 Å². The summed E-state index contributed by atoms with van der Waals surface area (Å²) in [4.78, 5) is 0. The minimum absolute atomic E-state index is 0.0249. The van der Waals surface area contributed by atoms with E-state index in [0.29, 0.717) is 13.1 Å². The van der Waals surface area contributed by atoms with Gasteiger partial charge in [-0.3, -0.25) is 0 Å². The average Bonchev–Trinajstić information content (AvgIpc) is 2.35. The Balaban J connectivity index is 2.48. The van der Waals surface area contributed by atoms with Crippen molar-refractivity contribution in [2.75, 3.05) is 18.6 Å². The first-order chi connectivity index (χ1) is 8.57. The monoisotopic (exact) mass is 288 g/mol. The van der Waals surface area contributed by atoms with Gasteiger partial charge in [0.1, 0.15) is 0 Å². The highest BCUT2D eigenvalue weighted by Crippen LogP contribution is 2.07. The molecule has 0 fully saturated rings. The van der Waals surface area contributed by atoms with Crippen molar-refractivity contribution in [3.8, 4) is 0 Å². The summed E-state index contributed by atoms with van der Waals surface area (Å²) in [6, 6.07) is 7.34. The molecule has 0 aliphatic carbocycles. The van der Waals surface area contributed by atoms with Gasteiger partial charge in [-0.25, -0.2) is 13.1 Å². The predicted molar refractivity (Wildman–Crippen MR) is 78.0 cm³/mol. The third kappa shape index (κ3) is 5.86. The zero-order valence-corrected chi connectivity index (χ0v) is 12.2. The first-order valence-corrected chi connectivity index (χ1v) is 8.86. The van der Waals surface area contributed by atoms with Crippen LogP contribution in [0.25, 0.3) is 0 Å². The van der Waals surface area contributed by atoms with E-state index in [1.54, 1.807) is 11.8 Å². The Hall–Kier alpha value is -0.560. The molecule has 0 aliphatic rings. The molecule has 0 aromatic heterocycles. The lowest BCUT2D eigenvalue weighted by Crippen LogP contribution is -2.26. The molecule has 0 heterocycles. The van der Waals surface area contributed by atoms with Crippen LogP contribution in [0.4, 0.5) is 0 Å². The lowest BCUT2D eigenvalue weighted by molar-refractivity contribution is 0.580.